The Balaban J connectivity index is 1.51. The third-order valence-electron chi connectivity index (χ3n) is 4.75. The molecule has 1 fully saturated rings. The molecule has 1 saturated heterocycles. The normalized spacial score (nSPS) is 13.9. The first-order valence-electron chi connectivity index (χ1n) is 9.09. The van der Waals surface area contributed by atoms with E-state index in [2.05, 4.69) is 4.98 Å². The highest BCUT2D eigenvalue weighted by molar-refractivity contribution is 5.97. The number of esters is 1. The lowest BCUT2D eigenvalue weighted by atomic mass is 10.2. The molecule has 0 spiro atoms. The van der Waals surface area contributed by atoms with Gasteiger partial charge in [0, 0.05) is 30.4 Å². The molecule has 3 aromatic rings. The summed E-state index contributed by atoms with van der Waals surface area (Å²) in [6, 6.07) is 13.6. The van der Waals surface area contributed by atoms with Crippen LogP contribution in [0.3, 0.4) is 0 Å². The van der Waals surface area contributed by atoms with Crippen LogP contribution in [-0.2, 0) is 16.1 Å². The molecular weight excluding hydrogens is 358 g/mol. The quantitative estimate of drug-likeness (QED) is 0.653. The number of hydrogen-bond donors (Lipinski definition) is 0. The molecule has 0 N–H and O–H groups in total. The summed E-state index contributed by atoms with van der Waals surface area (Å²) >= 11 is 0. The van der Waals surface area contributed by atoms with Gasteiger partial charge in [-0.25, -0.2) is 9.78 Å². The van der Waals surface area contributed by atoms with Crippen LogP contribution in [-0.4, -0.2) is 27.8 Å². The van der Waals surface area contributed by atoms with E-state index in [9.17, 15) is 14.4 Å². The van der Waals surface area contributed by atoms with Crippen LogP contribution in [0.15, 0.2) is 53.3 Å². The molecule has 4 rings (SSSR count). The van der Waals surface area contributed by atoms with Gasteiger partial charge in [-0.3, -0.25) is 14.0 Å². The first-order chi connectivity index (χ1) is 13.5. The Morgan fingerprint density at radius 2 is 1.96 bits per heavy atom. The average molecular weight is 377 g/mol. The third kappa shape index (κ3) is 3.38. The number of pyridine rings is 1. The van der Waals surface area contributed by atoms with E-state index in [0.29, 0.717) is 35.6 Å². The molecule has 1 aliphatic rings. The van der Waals surface area contributed by atoms with E-state index in [1.54, 1.807) is 35.2 Å². The number of ether oxygens (including phenoxy) is 1. The van der Waals surface area contributed by atoms with Crippen LogP contribution >= 0.6 is 0 Å². The van der Waals surface area contributed by atoms with Crippen molar-refractivity contribution in [3.8, 4) is 0 Å². The Morgan fingerprint density at radius 3 is 2.75 bits per heavy atom. The molecule has 1 aliphatic heterocycles. The Hall–Kier alpha value is -3.48. The molecule has 7 heteroatoms. The molecule has 7 nitrogen and oxygen atoms in total. The van der Waals surface area contributed by atoms with Crippen LogP contribution in [0.2, 0.25) is 0 Å². The van der Waals surface area contributed by atoms with Crippen molar-refractivity contribution in [3.63, 3.8) is 0 Å². The van der Waals surface area contributed by atoms with Crippen molar-refractivity contribution in [1.82, 2.24) is 9.38 Å². The maximum Gasteiger partial charge on any atom is 0.338 e. The Labute approximate surface area is 161 Å². The predicted octanol–water partition coefficient (Wildman–Crippen LogP) is 2.49. The maximum atomic E-state index is 12.4. The van der Waals surface area contributed by atoms with Crippen molar-refractivity contribution >= 4 is 23.2 Å². The summed E-state index contributed by atoms with van der Waals surface area (Å²) in [5, 5.41) is 0. The fourth-order valence-corrected chi connectivity index (χ4v) is 3.38. The number of benzene rings is 1. The van der Waals surface area contributed by atoms with Crippen molar-refractivity contribution in [2.75, 3.05) is 11.4 Å². The van der Waals surface area contributed by atoms with E-state index >= 15 is 0 Å². The summed E-state index contributed by atoms with van der Waals surface area (Å²) in [4.78, 5) is 42.7. The van der Waals surface area contributed by atoms with E-state index in [1.807, 2.05) is 19.1 Å². The van der Waals surface area contributed by atoms with Gasteiger partial charge in [-0.1, -0.05) is 12.1 Å². The topological polar surface area (TPSA) is 81.0 Å². The Morgan fingerprint density at radius 1 is 1.14 bits per heavy atom. The number of aryl methyl sites for hydroxylation is 1. The van der Waals surface area contributed by atoms with Gasteiger partial charge < -0.3 is 9.64 Å². The SMILES string of the molecule is Cc1cccc2nc(COC(=O)c3cccc(N4CCCC4=O)c3)cc(=O)n12. The minimum absolute atomic E-state index is 0.0571. The lowest BCUT2D eigenvalue weighted by molar-refractivity contribution is -0.117. The molecule has 0 saturated carbocycles. The largest absolute Gasteiger partial charge is 0.456 e. The van der Waals surface area contributed by atoms with Gasteiger partial charge in [-0.15, -0.1) is 0 Å². The van der Waals surface area contributed by atoms with Crippen molar-refractivity contribution < 1.29 is 14.3 Å². The van der Waals surface area contributed by atoms with Crippen LogP contribution in [0.25, 0.3) is 5.65 Å². The number of anilines is 1. The summed E-state index contributed by atoms with van der Waals surface area (Å²) in [6.07, 6.45) is 1.34. The summed E-state index contributed by atoms with van der Waals surface area (Å²) in [7, 11) is 0. The van der Waals surface area contributed by atoms with Gasteiger partial charge in [0.1, 0.15) is 12.3 Å². The van der Waals surface area contributed by atoms with Crippen LogP contribution in [0, 0.1) is 6.92 Å². The molecule has 0 unspecified atom stereocenters. The van der Waals surface area contributed by atoms with E-state index in [4.69, 9.17) is 4.74 Å². The van der Waals surface area contributed by atoms with Gasteiger partial charge in [0.05, 0.1) is 11.3 Å². The van der Waals surface area contributed by atoms with Crippen LogP contribution in [0.4, 0.5) is 5.69 Å². The Kier molecular flexibility index (Phi) is 4.65. The fraction of sp³-hybridized carbons (Fsp3) is 0.238. The van der Waals surface area contributed by atoms with Crippen LogP contribution < -0.4 is 10.5 Å². The zero-order valence-electron chi connectivity index (χ0n) is 15.4. The number of rotatable bonds is 4. The number of carbonyl (C=O) groups is 2. The lowest BCUT2D eigenvalue weighted by Gasteiger charge is -2.16. The van der Waals surface area contributed by atoms with Crippen molar-refractivity contribution in [2.24, 2.45) is 0 Å². The van der Waals surface area contributed by atoms with Gasteiger partial charge in [0.2, 0.25) is 5.91 Å². The molecule has 0 aliphatic carbocycles. The second-order valence-corrected chi connectivity index (χ2v) is 6.72. The molecule has 3 heterocycles. The van der Waals surface area contributed by atoms with E-state index in [-0.39, 0.29) is 18.1 Å². The first-order valence-corrected chi connectivity index (χ1v) is 9.09. The minimum Gasteiger partial charge on any atom is -0.456 e. The van der Waals surface area contributed by atoms with Gasteiger partial charge >= 0.3 is 5.97 Å². The molecule has 28 heavy (non-hydrogen) atoms. The molecule has 0 bridgehead atoms. The van der Waals surface area contributed by atoms with Gasteiger partial charge in [-0.05, 0) is 43.7 Å². The molecule has 2 aromatic heterocycles. The molecular formula is C21H19N3O4. The highest BCUT2D eigenvalue weighted by Gasteiger charge is 2.22. The number of nitrogens with zero attached hydrogens (tertiary/aromatic N) is 3. The van der Waals surface area contributed by atoms with Crippen molar-refractivity contribution in [1.29, 1.82) is 0 Å². The number of hydrogen-bond acceptors (Lipinski definition) is 5. The molecule has 1 aromatic carbocycles. The number of fused-ring (bicyclic) bond motifs is 1. The van der Waals surface area contributed by atoms with Gasteiger partial charge in [0.15, 0.2) is 0 Å². The number of aromatic nitrogens is 2. The third-order valence-corrected chi connectivity index (χ3v) is 4.75. The van der Waals surface area contributed by atoms with E-state index in [1.165, 1.54) is 10.5 Å². The average Bonchev–Trinajstić information content (AvgIpc) is 3.12. The van der Waals surface area contributed by atoms with Gasteiger partial charge in [-0.2, -0.15) is 0 Å². The van der Waals surface area contributed by atoms with E-state index in [0.717, 1.165) is 12.1 Å². The monoisotopic (exact) mass is 377 g/mol. The smallest absolute Gasteiger partial charge is 0.338 e. The summed E-state index contributed by atoms with van der Waals surface area (Å²) < 4.78 is 6.84. The molecule has 0 radical (unpaired) electrons. The second-order valence-electron chi connectivity index (χ2n) is 6.72. The molecule has 1 amide bonds. The molecule has 0 atom stereocenters. The molecule has 142 valence electrons. The van der Waals surface area contributed by atoms with E-state index < -0.39 is 5.97 Å². The van der Waals surface area contributed by atoms with Crippen LogP contribution in [0.1, 0.15) is 34.6 Å². The standard InChI is InChI=1S/C21H19N3O4/c1-14-5-2-8-18-22-16(12-20(26)24(14)18)13-28-21(27)15-6-3-7-17(11-15)23-10-4-9-19(23)25/h2-3,5-8,11-12H,4,9-10,13H2,1H3. The summed E-state index contributed by atoms with van der Waals surface area (Å²) in [5.41, 5.74) is 2.50. The summed E-state index contributed by atoms with van der Waals surface area (Å²) in [6.45, 7) is 2.38. The predicted molar refractivity (Wildman–Crippen MR) is 103 cm³/mol. The zero-order chi connectivity index (χ0) is 19.7. The van der Waals surface area contributed by atoms with Gasteiger partial charge in [0.25, 0.3) is 5.56 Å². The Bertz CT molecular complexity index is 1140. The minimum atomic E-state index is -0.528. The first kappa shape index (κ1) is 17.9. The lowest BCUT2D eigenvalue weighted by Crippen LogP contribution is -2.24. The number of amides is 1. The highest BCUT2D eigenvalue weighted by Crippen LogP contribution is 2.22. The zero-order valence-corrected chi connectivity index (χ0v) is 15.4. The van der Waals surface area contributed by atoms with Crippen molar-refractivity contribution in [3.05, 3.63) is 75.8 Å². The second kappa shape index (κ2) is 7.26. The number of carbonyl (C=O) groups excluding carboxylic acids is 2. The summed E-state index contributed by atoms with van der Waals surface area (Å²) in [5.74, 6) is -0.471. The van der Waals surface area contributed by atoms with Crippen LogP contribution in [0.5, 0.6) is 0 Å². The fourth-order valence-electron chi connectivity index (χ4n) is 3.38. The highest BCUT2D eigenvalue weighted by atomic mass is 16.5. The van der Waals surface area contributed by atoms with Crippen molar-refractivity contribution in [2.45, 2.75) is 26.4 Å². The maximum absolute atomic E-state index is 12.4.